The van der Waals surface area contributed by atoms with Crippen molar-refractivity contribution in [3.8, 4) is 5.75 Å². The molecule has 0 aromatic heterocycles. The summed E-state index contributed by atoms with van der Waals surface area (Å²) in [7, 11) is 1.82. The van der Waals surface area contributed by atoms with Crippen LogP contribution >= 0.6 is 0 Å². The molecule has 30 heavy (non-hydrogen) atoms. The number of amides is 2. The van der Waals surface area contributed by atoms with Crippen LogP contribution < -0.4 is 4.74 Å². The third-order valence-corrected chi connectivity index (χ3v) is 5.39. The lowest BCUT2D eigenvalue weighted by Crippen LogP contribution is -2.50. The van der Waals surface area contributed by atoms with E-state index < -0.39 is 11.7 Å². The minimum atomic E-state index is -0.570. The summed E-state index contributed by atoms with van der Waals surface area (Å²) < 4.78 is 11.3. The van der Waals surface area contributed by atoms with Gasteiger partial charge in [0.05, 0.1) is 0 Å². The van der Waals surface area contributed by atoms with Gasteiger partial charge >= 0.3 is 6.09 Å². The molecule has 0 N–H and O–H groups in total. The third kappa shape index (κ3) is 6.64. The molecule has 0 saturated carbocycles. The van der Waals surface area contributed by atoms with E-state index in [9.17, 15) is 9.59 Å². The Hall–Kier alpha value is -2.24. The third-order valence-electron chi connectivity index (χ3n) is 5.39. The first-order chi connectivity index (χ1) is 13.8. The standard InChI is InChI=1S/C24H38N2O4/c1-17(29-20-11-9-18(10-12-20)23(2,3)4)21(27)25(8)19-13-15-26(16-14-19)22(28)30-24(5,6)7/h9-12,17,19H,13-16H2,1-8H3. The lowest BCUT2D eigenvalue weighted by Gasteiger charge is -2.38. The first-order valence-corrected chi connectivity index (χ1v) is 10.8. The van der Waals surface area contributed by atoms with Crippen molar-refractivity contribution in [1.82, 2.24) is 9.80 Å². The van der Waals surface area contributed by atoms with Gasteiger partial charge in [0.2, 0.25) is 0 Å². The summed E-state index contributed by atoms with van der Waals surface area (Å²) in [5.74, 6) is 0.641. The Kier molecular flexibility index (Phi) is 7.43. The summed E-state index contributed by atoms with van der Waals surface area (Å²) in [6, 6.07) is 8.02. The zero-order valence-corrected chi connectivity index (χ0v) is 19.8. The molecule has 0 bridgehead atoms. The molecule has 1 aliphatic rings. The highest BCUT2D eigenvalue weighted by Crippen LogP contribution is 2.25. The Morgan fingerprint density at radius 3 is 2.03 bits per heavy atom. The summed E-state index contributed by atoms with van der Waals surface area (Å²) in [6.45, 7) is 15.0. The van der Waals surface area contributed by atoms with E-state index >= 15 is 0 Å². The van der Waals surface area contributed by atoms with Crippen LogP contribution in [0.1, 0.15) is 66.9 Å². The average molecular weight is 419 g/mol. The second kappa shape index (κ2) is 9.27. The highest BCUT2D eigenvalue weighted by atomic mass is 16.6. The van der Waals surface area contributed by atoms with Crippen LogP contribution in [0.4, 0.5) is 4.79 Å². The number of likely N-dealkylation sites (tertiary alicyclic amines) is 1. The van der Waals surface area contributed by atoms with Gasteiger partial charge in [0.15, 0.2) is 6.10 Å². The van der Waals surface area contributed by atoms with E-state index in [-0.39, 0.29) is 23.5 Å². The van der Waals surface area contributed by atoms with E-state index in [1.165, 1.54) is 5.56 Å². The summed E-state index contributed by atoms with van der Waals surface area (Å²) in [5, 5.41) is 0. The molecule has 0 spiro atoms. The average Bonchev–Trinajstić information content (AvgIpc) is 2.65. The maximum atomic E-state index is 12.9. The van der Waals surface area contributed by atoms with Crippen LogP contribution in [0.2, 0.25) is 0 Å². The molecule has 0 aliphatic carbocycles. The number of ether oxygens (including phenoxy) is 2. The fourth-order valence-corrected chi connectivity index (χ4v) is 3.52. The van der Waals surface area contributed by atoms with E-state index in [4.69, 9.17) is 9.47 Å². The molecule has 1 heterocycles. The van der Waals surface area contributed by atoms with Gasteiger partial charge in [-0.3, -0.25) is 4.79 Å². The first-order valence-electron chi connectivity index (χ1n) is 10.8. The number of benzene rings is 1. The highest BCUT2D eigenvalue weighted by molar-refractivity contribution is 5.81. The second-order valence-corrected chi connectivity index (χ2v) is 10.2. The lowest BCUT2D eigenvalue weighted by atomic mass is 9.87. The van der Waals surface area contributed by atoms with Crippen molar-refractivity contribution < 1.29 is 19.1 Å². The maximum Gasteiger partial charge on any atom is 0.410 e. The van der Waals surface area contributed by atoms with Gasteiger partial charge in [0.1, 0.15) is 11.4 Å². The van der Waals surface area contributed by atoms with Crippen LogP contribution in [0, 0.1) is 0 Å². The van der Waals surface area contributed by atoms with Crippen molar-refractivity contribution in [3.63, 3.8) is 0 Å². The summed E-state index contributed by atoms with van der Waals surface area (Å²) in [5.41, 5.74) is 0.801. The molecule has 6 nitrogen and oxygen atoms in total. The van der Waals surface area contributed by atoms with Gasteiger partial charge < -0.3 is 19.3 Å². The fraction of sp³-hybridized carbons (Fsp3) is 0.667. The molecule has 1 aromatic carbocycles. The molecular formula is C24H38N2O4. The van der Waals surface area contributed by atoms with Gasteiger partial charge in [-0.25, -0.2) is 4.79 Å². The van der Waals surface area contributed by atoms with Crippen LogP contribution in [-0.2, 0) is 14.9 Å². The predicted octanol–water partition coefficient (Wildman–Crippen LogP) is 4.61. The van der Waals surface area contributed by atoms with Crippen molar-refractivity contribution in [1.29, 1.82) is 0 Å². The molecule has 1 unspecified atom stereocenters. The number of nitrogens with zero attached hydrogens (tertiary/aromatic N) is 2. The Morgan fingerprint density at radius 2 is 1.57 bits per heavy atom. The molecule has 168 valence electrons. The van der Waals surface area contributed by atoms with Crippen molar-refractivity contribution in [3.05, 3.63) is 29.8 Å². The fourth-order valence-electron chi connectivity index (χ4n) is 3.52. The molecule has 1 aromatic rings. The van der Waals surface area contributed by atoms with Gasteiger partial charge in [-0.1, -0.05) is 32.9 Å². The largest absolute Gasteiger partial charge is 0.481 e. The zero-order chi connectivity index (χ0) is 22.7. The number of rotatable bonds is 4. The molecular weight excluding hydrogens is 380 g/mol. The van der Waals surface area contributed by atoms with E-state index in [1.54, 1.807) is 16.7 Å². The quantitative estimate of drug-likeness (QED) is 0.716. The summed E-state index contributed by atoms with van der Waals surface area (Å²) >= 11 is 0. The minimum Gasteiger partial charge on any atom is -0.481 e. The van der Waals surface area contributed by atoms with Gasteiger partial charge in [-0.05, 0) is 63.6 Å². The van der Waals surface area contributed by atoms with Gasteiger partial charge in [0.25, 0.3) is 5.91 Å². The number of hydrogen-bond donors (Lipinski definition) is 0. The van der Waals surface area contributed by atoms with E-state index in [1.807, 2.05) is 52.1 Å². The van der Waals surface area contributed by atoms with Gasteiger partial charge in [0, 0.05) is 26.2 Å². The Labute approximate surface area is 181 Å². The molecule has 2 amide bonds. The molecule has 1 atom stereocenters. The van der Waals surface area contributed by atoms with Crippen LogP contribution in [-0.4, -0.2) is 59.7 Å². The Balaban J connectivity index is 1.87. The number of likely N-dealkylation sites (N-methyl/N-ethyl adjacent to an activating group) is 1. The van der Waals surface area contributed by atoms with E-state index in [0.29, 0.717) is 18.8 Å². The number of hydrogen-bond acceptors (Lipinski definition) is 4. The summed E-state index contributed by atoms with van der Waals surface area (Å²) in [4.78, 5) is 28.6. The van der Waals surface area contributed by atoms with E-state index in [2.05, 4.69) is 20.8 Å². The molecule has 1 fully saturated rings. The SMILES string of the molecule is CC(Oc1ccc(C(C)(C)C)cc1)C(=O)N(C)C1CCN(C(=O)OC(C)(C)C)CC1. The zero-order valence-electron chi connectivity index (χ0n) is 19.8. The van der Waals surface area contributed by atoms with E-state index in [0.717, 1.165) is 12.8 Å². The number of carbonyl (C=O) groups is 2. The maximum absolute atomic E-state index is 12.9. The monoisotopic (exact) mass is 418 g/mol. The second-order valence-electron chi connectivity index (χ2n) is 10.2. The summed E-state index contributed by atoms with van der Waals surface area (Å²) in [6.07, 6.45) is 0.605. The van der Waals surface area contributed by atoms with Crippen LogP contribution in [0.3, 0.4) is 0 Å². The van der Waals surface area contributed by atoms with Crippen molar-refractivity contribution >= 4 is 12.0 Å². The lowest BCUT2D eigenvalue weighted by molar-refractivity contribution is -0.139. The molecule has 0 radical (unpaired) electrons. The number of carbonyl (C=O) groups excluding carboxylic acids is 2. The minimum absolute atomic E-state index is 0.0504. The van der Waals surface area contributed by atoms with Crippen LogP contribution in [0.5, 0.6) is 5.75 Å². The highest BCUT2D eigenvalue weighted by Gasteiger charge is 2.31. The molecule has 6 heteroatoms. The van der Waals surface area contributed by atoms with Crippen LogP contribution in [0.25, 0.3) is 0 Å². The van der Waals surface area contributed by atoms with Crippen molar-refractivity contribution in [2.24, 2.45) is 0 Å². The normalized spacial score (nSPS) is 16.7. The first kappa shape index (κ1) is 24.0. The van der Waals surface area contributed by atoms with Crippen LogP contribution in [0.15, 0.2) is 24.3 Å². The molecule has 2 rings (SSSR count). The predicted molar refractivity (Wildman–Crippen MR) is 119 cm³/mol. The van der Waals surface area contributed by atoms with Crippen molar-refractivity contribution in [2.75, 3.05) is 20.1 Å². The number of piperidine rings is 1. The smallest absolute Gasteiger partial charge is 0.410 e. The molecule has 1 saturated heterocycles. The van der Waals surface area contributed by atoms with Gasteiger partial charge in [-0.15, -0.1) is 0 Å². The van der Waals surface area contributed by atoms with Crippen molar-refractivity contribution in [2.45, 2.75) is 84.5 Å². The van der Waals surface area contributed by atoms with Gasteiger partial charge in [-0.2, -0.15) is 0 Å². The Morgan fingerprint density at radius 1 is 1.03 bits per heavy atom. The Bertz CT molecular complexity index is 723. The topological polar surface area (TPSA) is 59.1 Å². The molecule has 1 aliphatic heterocycles.